The molecule has 1 heterocycles. The van der Waals surface area contributed by atoms with Crippen molar-refractivity contribution < 1.29 is 9.90 Å². The van der Waals surface area contributed by atoms with Crippen LogP contribution in [0.1, 0.15) is 24.9 Å². The van der Waals surface area contributed by atoms with Crippen molar-refractivity contribution in [1.29, 1.82) is 0 Å². The van der Waals surface area contributed by atoms with E-state index in [0.29, 0.717) is 13.0 Å². The van der Waals surface area contributed by atoms with E-state index in [2.05, 4.69) is 10.3 Å². The molecule has 1 unspecified atom stereocenters. The van der Waals surface area contributed by atoms with E-state index in [4.69, 9.17) is 0 Å². The van der Waals surface area contributed by atoms with Crippen LogP contribution in [0.4, 0.5) is 0 Å². The molecule has 1 N–H and O–H groups in total. The smallest absolute Gasteiger partial charge is 0.224 e. The minimum Gasteiger partial charge on any atom is -0.508 e. The van der Waals surface area contributed by atoms with E-state index in [1.54, 1.807) is 41.2 Å². The fourth-order valence-corrected chi connectivity index (χ4v) is 2.00. The van der Waals surface area contributed by atoms with Gasteiger partial charge in [0.2, 0.25) is 5.91 Å². The van der Waals surface area contributed by atoms with Crippen molar-refractivity contribution >= 4 is 5.91 Å². The molecule has 2 rings (SSSR count). The highest BCUT2D eigenvalue weighted by Crippen LogP contribution is 2.27. The number of para-hydroxylation sites is 1. The van der Waals surface area contributed by atoms with Crippen LogP contribution in [0.2, 0.25) is 0 Å². The third-order valence-electron chi connectivity index (χ3n) is 3.39. The number of rotatable bonds is 5. The van der Waals surface area contributed by atoms with Crippen LogP contribution in [0.3, 0.4) is 0 Å². The zero-order valence-electron chi connectivity index (χ0n) is 11.6. The Morgan fingerprint density at radius 1 is 1.45 bits per heavy atom. The summed E-state index contributed by atoms with van der Waals surface area (Å²) >= 11 is 0. The Labute approximate surface area is 117 Å². The molecule has 20 heavy (non-hydrogen) atoms. The third-order valence-corrected chi connectivity index (χ3v) is 3.39. The minimum atomic E-state index is -0.181. The SMILES string of the molecule is CC(c1ccccc1O)N(C)C(=O)CCn1ccnn1. The van der Waals surface area contributed by atoms with E-state index in [0.717, 1.165) is 5.56 Å². The van der Waals surface area contributed by atoms with E-state index >= 15 is 0 Å². The van der Waals surface area contributed by atoms with Gasteiger partial charge in [-0.15, -0.1) is 5.10 Å². The predicted octanol–water partition coefficient (Wildman–Crippen LogP) is 1.59. The molecule has 6 nitrogen and oxygen atoms in total. The maximum Gasteiger partial charge on any atom is 0.224 e. The zero-order valence-corrected chi connectivity index (χ0v) is 11.6. The molecule has 1 amide bonds. The Morgan fingerprint density at radius 3 is 2.85 bits per heavy atom. The van der Waals surface area contributed by atoms with Gasteiger partial charge in [-0.1, -0.05) is 23.4 Å². The molecule has 0 bridgehead atoms. The summed E-state index contributed by atoms with van der Waals surface area (Å²) in [5.74, 6) is 0.201. The van der Waals surface area contributed by atoms with Crippen molar-refractivity contribution in [2.24, 2.45) is 0 Å². The number of carbonyl (C=O) groups is 1. The summed E-state index contributed by atoms with van der Waals surface area (Å²) < 4.78 is 1.62. The highest BCUT2D eigenvalue weighted by molar-refractivity contribution is 5.76. The Kier molecular flexibility index (Phi) is 4.34. The summed E-state index contributed by atoms with van der Waals surface area (Å²) in [5, 5.41) is 17.3. The molecule has 0 aliphatic carbocycles. The lowest BCUT2D eigenvalue weighted by Gasteiger charge is -2.26. The number of aryl methyl sites for hydroxylation is 1. The normalized spacial score (nSPS) is 12.1. The molecule has 2 aromatic rings. The lowest BCUT2D eigenvalue weighted by molar-refractivity contribution is -0.132. The molecule has 1 aromatic carbocycles. The van der Waals surface area contributed by atoms with Crippen LogP contribution >= 0.6 is 0 Å². The molecular formula is C14H18N4O2. The molecule has 6 heteroatoms. The number of amides is 1. The molecule has 0 fully saturated rings. The Morgan fingerprint density at radius 2 is 2.20 bits per heavy atom. The van der Waals surface area contributed by atoms with Gasteiger partial charge < -0.3 is 10.0 Å². The van der Waals surface area contributed by atoms with Gasteiger partial charge in [-0.25, -0.2) is 0 Å². The summed E-state index contributed by atoms with van der Waals surface area (Å²) in [7, 11) is 1.74. The first-order valence-electron chi connectivity index (χ1n) is 6.47. The number of hydrogen-bond donors (Lipinski definition) is 1. The topological polar surface area (TPSA) is 71.2 Å². The minimum absolute atomic E-state index is 0.00347. The van der Waals surface area contributed by atoms with Crippen LogP contribution in [0, 0.1) is 0 Å². The van der Waals surface area contributed by atoms with Crippen molar-refractivity contribution in [2.45, 2.75) is 25.9 Å². The number of benzene rings is 1. The number of aromatic hydroxyl groups is 1. The van der Waals surface area contributed by atoms with Crippen LogP contribution in [-0.2, 0) is 11.3 Å². The van der Waals surface area contributed by atoms with E-state index < -0.39 is 0 Å². The second-order valence-corrected chi connectivity index (χ2v) is 4.66. The van der Waals surface area contributed by atoms with Crippen molar-refractivity contribution in [3.05, 3.63) is 42.2 Å². The van der Waals surface area contributed by atoms with E-state index in [-0.39, 0.29) is 17.7 Å². The zero-order chi connectivity index (χ0) is 14.5. The van der Waals surface area contributed by atoms with Gasteiger partial charge in [0.05, 0.1) is 18.8 Å². The van der Waals surface area contributed by atoms with Crippen molar-refractivity contribution in [2.75, 3.05) is 7.05 Å². The van der Waals surface area contributed by atoms with Gasteiger partial charge in [0, 0.05) is 25.2 Å². The molecule has 0 saturated heterocycles. The summed E-state index contributed by atoms with van der Waals surface area (Å²) in [5.41, 5.74) is 0.740. The molecule has 0 spiro atoms. The van der Waals surface area contributed by atoms with Gasteiger partial charge in [0.1, 0.15) is 5.75 Å². The van der Waals surface area contributed by atoms with E-state index in [9.17, 15) is 9.90 Å². The van der Waals surface area contributed by atoms with Crippen LogP contribution < -0.4 is 0 Å². The van der Waals surface area contributed by atoms with Crippen LogP contribution in [0.5, 0.6) is 5.75 Å². The first kappa shape index (κ1) is 14.0. The molecular weight excluding hydrogens is 256 g/mol. The maximum absolute atomic E-state index is 12.1. The molecule has 1 atom stereocenters. The van der Waals surface area contributed by atoms with Gasteiger partial charge in [-0.3, -0.25) is 9.48 Å². The van der Waals surface area contributed by atoms with Crippen LogP contribution in [0.25, 0.3) is 0 Å². The van der Waals surface area contributed by atoms with Crippen LogP contribution in [-0.4, -0.2) is 38.0 Å². The summed E-state index contributed by atoms with van der Waals surface area (Å²) in [6.07, 6.45) is 3.65. The lowest BCUT2D eigenvalue weighted by atomic mass is 10.1. The van der Waals surface area contributed by atoms with Gasteiger partial charge in [0.25, 0.3) is 0 Å². The second kappa shape index (κ2) is 6.18. The molecule has 0 aliphatic rings. The van der Waals surface area contributed by atoms with E-state index in [1.807, 2.05) is 19.1 Å². The molecule has 0 aliphatic heterocycles. The largest absolute Gasteiger partial charge is 0.508 e. The second-order valence-electron chi connectivity index (χ2n) is 4.66. The van der Waals surface area contributed by atoms with Gasteiger partial charge in [0.15, 0.2) is 0 Å². The highest BCUT2D eigenvalue weighted by Gasteiger charge is 2.19. The number of carbonyl (C=O) groups excluding carboxylic acids is 1. The average molecular weight is 274 g/mol. The standard InChI is InChI=1S/C14H18N4O2/c1-11(12-5-3-4-6-13(12)19)17(2)14(20)7-9-18-10-8-15-16-18/h3-6,8,10-11,19H,7,9H2,1-2H3. The fraction of sp³-hybridized carbons (Fsp3) is 0.357. The quantitative estimate of drug-likeness (QED) is 0.898. The van der Waals surface area contributed by atoms with Gasteiger partial charge in [-0.2, -0.15) is 0 Å². The average Bonchev–Trinajstić information content (AvgIpc) is 2.97. The van der Waals surface area contributed by atoms with Crippen molar-refractivity contribution in [3.8, 4) is 5.75 Å². The number of nitrogens with zero attached hydrogens (tertiary/aromatic N) is 4. The molecule has 106 valence electrons. The van der Waals surface area contributed by atoms with Crippen LogP contribution in [0.15, 0.2) is 36.7 Å². The summed E-state index contributed by atoms with van der Waals surface area (Å²) in [6.45, 7) is 2.39. The first-order chi connectivity index (χ1) is 9.59. The lowest BCUT2D eigenvalue weighted by Crippen LogP contribution is -2.30. The molecule has 1 aromatic heterocycles. The highest BCUT2D eigenvalue weighted by atomic mass is 16.3. The fourth-order valence-electron chi connectivity index (χ4n) is 2.00. The maximum atomic E-state index is 12.1. The first-order valence-corrected chi connectivity index (χ1v) is 6.47. The van der Waals surface area contributed by atoms with E-state index in [1.165, 1.54) is 0 Å². The predicted molar refractivity (Wildman–Crippen MR) is 73.9 cm³/mol. The number of hydrogen-bond acceptors (Lipinski definition) is 4. The third kappa shape index (κ3) is 3.14. The number of aromatic nitrogens is 3. The Bertz CT molecular complexity index is 568. The van der Waals surface area contributed by atoms with Crippen molar-refractivity contribution in [1.82, 2.24) is 19.9 Å². The molecule has 0 radical (unpaired) electrons. The Balaban J connectivity index is 1.97. The van der Waals surface area contributed by atoms with Gasteiger partial charge in [-0.05, 0) is 13.0 Å². The Hall–Kier alpha value is -2.37. The van der Waals surface area contributed by atoms with Gasteiger partial charge >= 0.3 is 0 Å². The monoisotopic (exact) mass is 274 g/mol. The summed E-state index contributed by atoms with van der Waals surface area (Å²) in [6, 6.07) is 6.87. The number of phenols is 1. The number of phenolic OH excluding ortho intramolecular Hbond substituents is 1. The van der Waals surface area contributed by atoms with Crippen molar-refractivity contribution in [3.63, 3.8) is 0 Å². The molecule has 0 saturated carbocycles. The summed E-state index contributed by atoms with van der Waals surface area (Å²) in [4.78, 5) is 13.8.